The predicted octanol–water partition coefficient (Wildman–Crippen LogP) is 4.95. The second kappa shape index (κ2) is 10.8. The van der Waals surface area contributed by atoms with Gasteiger partial charge in [0.15, 0.2) is 5.11 Å². The number of nitro benzene ring substituents is 1. The molecule has 1 saturated heterocycles. The Morgan fingerprint density at radius 1 is 1.10 bits per heavy atom. The van der Waals surface area contributed by atoms with Crippen LogP contribution in [0.3, 0.4) is 0 Å². The number of methoxy groups -OCH3 is 1. The Kier molecular flexibility index (Phi) is 7.41. The van der Waals surface area contributed by atoms with Gasteiger partial charge in [0.05, 0.1) is 42.1 Å². The summed E-state index contributed by atoms with van der Waals surface area (Å²) in [4.78, 5) is 18.2. The lowest BCUT2D eigenvalue weighted by Gasteiger charge is -2.28. The molecule has 212 valence electrons. The van der Waals surface area contributed by atoms with Crippen LogP contribution in [-0.4, -0.2) is 41.4 Å². The highest BCUT2D eigenvalue weighted by Gasteiger charge is 2.42. The fourth-order valence-corrected chi connectivity index (χ4v) is 6.19. The minimum atomic E-state index is -3.44. The van der Waals surface area contributed by atoms with Gasteiger partial charge in [-0.25, -0.2) is 8.42 Å². The van der Waals surface area contributed by atoms with Crippen LogP contribution in [0.1, 0.15) is 34.7 Å². The normalized spacial score (nSPS) is 16.9. The highest BCUT2D eigenvalue weighted by Crippen LogP contribution is 2.44. The van der Waals surface area contributed by atoms with E-state index in [4.69, 9.17) is 17.0 Å². The topological polar surface area (TPSA) is 132 Å². The lowest BCUT2D eigenvalue weighted by molar-refractivity contribution is -0.384. The van der Waals surface area contributed by atoms with Gasteiger partial charge >= 0.3 is 0 Å². The molecule has 0 amide bonds. The first-order valence-corrected chi connectivity index (χ1v) is 14.9. The maximum atomic E-state index is 12.0. The van der Waals surface area contributed by atoms with Gasteiger partial charge in [0.1, 0.15) is 11.4 Å². The molecule has 0 aliphatic carbocycles. The molecule has 0 unspecified atom stereocenters. The van der Waals surface area contributed by atoms with E-state index in [1.54, 1.807) is 42.6 Å². The number of hydrogen-bond donors (Lipinski definition) is 2. The summed E-state index contributed by atoms with van der Waals surface area (Å²) in [7, 11) is -1.97. The summed E-state index contributed by atoms with van der Waals surface area (Å²) < 4.78 is 33.0. The number of anilines is 2. The van der Waals surface area contributed by atoms with E-state index in [0.29, 0.717) is 22.2 Å². The van der Waals surface area contributed by atoms with Crippen molar-refractivity contribution in [2.24, 2.45) is 0 Å². The van der Waals surface area contributed by atoms with Crippen LogP contribution in [0.25, 0.3) is 5.69 Å². The first-order valence-electron chi connectivity index (χ1n) is 12.6. The quantitative estimate of drug-likeness (QED) is 0.166. The Labute approximate surface area is 243 Å². The zero-order valence-electron chi connectivity index (χ0n) is 22.7. The molecule has 1 fully saturated rings. The van der Waals surface area contributed by atoms with Crippen LogP contribution in [0.4, 0.5) is 17.1 Å². The number of aryl methyl sites for hydroxylation is 1. The molecular formula is C28H28N6O5S2. The number of nitro groups is 1. The van der Waals surface area contributed by atoms with Gasteiger partial charge in [0.25, 0.3) is 5.69 Å². The van der Waals surface area contributed by atoms with Crippen LogP contribution in [-0.2, 0) is 10.0 Å². The van der Waals surface area contributed by atoms with Crippen molar-refractivity contribution in [2.75, 3.05) is 23.0 Å². The smallest absolute Gasteiger partial charge is 0.296 e. The maximum absolute atomic E-state index is 12.0. The molecule has 1 aliphatic heterocycles. The van der Waals surface area contributed by atoms with Crippen LogP contribution < -0.4 is 19.7 Å². The minimum Gasteiger partial charge on any atom is -0.496 e. The standard InChI is InChI=1S/C28H28N6O5S2/c1-17-15-22(18(2)32(17)24-13-12-21(39-3)16-25(24)34(35)36)27-26(23-7-5-6-14-29-23)30-28(40)33(27)20-10-8-19(9-11-20)31-41(4,37)38/h5-16,26-27,31H,1-4H3,(H,30,40)/t26-,27+/m0/s1. The van der Waals surface area contributed by atoms with Gasteiger partial charge in [-0.05, 0) is 86.2 Å². The van der Waals surface area contributed by atoms with Gasteiger partial charge in [-0.15, -0.1) is 0 Å². The molecule has 2 aromatic heterocycles. The minimum absolute atomic E-state index is 0.0788. The zero-order chi connectivity index (χ0) is 29.5. The van der Waals surface area contributed by atoms with Crippen LogP contribution in [0, 0.1) is 24.0 Å². The van der Waals surface area contributed by atoms with E-state index in [9.17, 15) is 18.5 Å². The molecule has 0 spiro atoms. The summed E-state index contributed by atoms with van der Waals surface area (Å²) in [5, 5.41) is 15.9. The van der Waals surface area contributed by atoms with Crippen molar-refractivity contribution in [2.45, 2.75) is 25.9 Å². The van der Waals surface area contributed by atoms with Crippen molar-refractivity contribution >= 4 is 44.4 Å². The molecule has 1 aliphatic rings. The third kappa shape index (κ3) is 5.45. The number of benzene rings is 2. The van der Waals surface area contributed by atoms with E-state index in [-0.39, 0.29) is 17.8 Å². The van der Waals surface area contributed by atoms with Crippen molar-refractivity contribution in [3.63, 3.8) is 0 Å². The SMILES string of the molecule is COc1ccc(-n2c(C)cc([C@@H]3[C@H](c4ccccn4)NC(=S)N3c3ccc(NS(C)(=O)=O)cc3)c2C)c([N+](=O)[O-])c1. The highest BCUT2D eigenvalue weighted by atomic mass is 32.2. The first kappa shape index (κ1) is 28.1. The average molecular weight is 593 g/mol. The summed E-state index contributed by atoms with van der Waals surface area (Å²) >= 11 is 5.82. The molecule has 0 radical (unpaired) electrons. The number of nitrogens with one attached hydrogen (secondary N) is 2. The van der Waals surface area contributed by atoms with Crippen LogP contribution in [0.15, 0.2) is 72.9 Å². The van der Waals surface area contributed by atoms with Crippen LogP contribution in [0.2, 0.25) is 0 Å². The monoisotopic (exact) mass is 592 g/mol. The Bertz CT molecular complexity index is 1740. The van der Waals surface area contributed by atoms with Gasteiger partial charge in [-0.2, -0.15) is 0 Å². The third-order valence-corrected chi connectivity index (χ3v) is 7.88. The average Bonchev–Trinajstić information content (AvgIpc) is 3.43. The molecule has 5 rings (SSSR count). The summed E-state index contributed by atoms with van der Waals surface area (Å²) in [6.45, 7) is 3.82. The van der Waals surface area contributed by atoms with Crippen molar-refractivity contribution in [1.29, 1.82) is 0 Å². The van der Waals surface area contributed by atoms with Crippen molar-refractivity contribution < 1.29 is 18.1 Å². The van der Waals surface area contributed by atoms with Gasteiger partial charge in [-0.3, -0.25) is 19.8 Å². The van der Waals surface area contributed by atoms with E-state index in [1.165, 1.54) is 13.2 Å². The second-order valence-electron chi connectivity index (χ2n) is 9.69. The predicted molar refractivity (Wildman–Crippen MR) is 161 cm³/mol. The molecule has 13 heteroatoms. The summed E-state index contributed by atoms with van der Waals surface area (Å²) in [5.41, 5.74) is 4.78. The Morgan fingerprint density at radius 2 is 1.83 bits per heavy atom. The molecule has 0 saturated carbocycles. The summed E-state index contributed by atoms with van der Waals surface area (Å²) in [5.74, 6) is 0.392. The molecule has 3 heterocycles. The van der Waals surface area contributed by atoms with E-state index in [1.807, 2.05) is 47.6 Å². The number of sulfonamides is 1. The van der Waals surface area contributed by atoms with Crippen LogP contribution in [0.5, 0.6) is 5.75 Å². The number of ether oxygens (including phenoxy) is 1. The molecule has 11 nitrogen and oxygen atoms in total. The van der Waals surface area contributed by atoms with E-state index in [2.05, 4.69) is 15.0 Å². The molecule has 0 bridgehead atoms. The Hall–Kier alpha value is -4.49. The fraction of sp³-hybridized carbons (Fsp3) is 0.214. The van der Waals surface area contributed by atoms with E-state index in [0.717, 1.165) is 34.6 Å². The summed E-state index contributed by atoms with van der Waals surface area (Å²) in [6.07, 6.45) is 2.81. The molecule has 2 atom stereocenters. The second-order valence-corrected chi connectivity index (χ2v) is 11.8. The van der Waals surface area contributed by atoms with Gasteiger partial charge in [-0.1, -0.05) is 6.07 Å². The van der Waals surface area contributed by atoms with Crippen molar-refractivity contribution in [3.05, 3.63) is 106 Å². The largest absolute Gasteiger partial charge is 0.496 e. The lowest BCUT2D eigenvalue weighted by Crippen LogP contribution is -2.29. The van der Waals surface area contributed by atoms with Gasteiger partial charge in [0, 0.05) is 29.0 Å². The van der Waals surface area contributed by atoms with Crippen molar-refractivity contribution in [1.82, 2.24) is 14.9 Å². The fourth-order valence-electron chi connectivity index (χ4n) is 5.28. The number of hydrogen-bond acceptors (Lipinski definition) is 7. The molecule has 4 aromatic rings. The van der Waals surface area contributed by atoms with E-state index < -0.39 is 14.9 Å². The number of thiocarbonyl (C=S) groups is 1. The molecular weight excluding hydrogens is 564 g/mol. The molecule has 2 N–H and O–H groups in total. The Balaban J connectivity index is 1.66. The van der Waals surface area contributed by atoms with Crippen LogP contribution >= 0.6 is 12.2 Å². The number of pyridine rings is 1. The number of aromatic nitrogens is 2. The number of nitrogens with zero attached hydrogens (tertiary/aromatic N) is 4. The van der Waals surface area contributed by atoms with Crippen molar-refractivity contribution in [3.8, 4) is 11.4 Å². The highest BCUT2D eigenvalue weighted by molar-refractivity contribution is 7.92. The van der Waals surface area contributed by atoms with Gasteiger partial charge < -0.3 is 19.5 Å². The lowest BCUT2D eigenvalue weighted by atomic mass is 9.96. The maximum Gasteiger partial charge on any atom is 0.296 e. The molecule has 2 aromatic carbocycles. The first-order chi connectivity index (χ1) is 19.5. The number of rotatable bonds is 8. The van der Waals surface area contributed by atoms with E-state index >= 15 is 0 Å². The summed E-state index contributed by atoms with van der Waals surface area (Å²) in [6, 6.07) is 18.7. The molecule has 41 heavy (non-hydrogen) atoms. The Morgan fingerprint density at radius 3 is 2.44 bits per heavy atom. The zero-order valence-corrected chi connectivity index (χ0v) is 24.4. The van der Waals surface area contributed by atoms with Gasteiger partial charge in [0.2, 0.25) is 10.0 Å². The third-order valence-electron chi connectivity index (χ3n) is 6.96.